The standard InChI is InChI=1S/C22H21N3O2/c1-14-8-9-15-5-2-3-6-19(15)25(14)21(26)16-10-11-17-18(13-16)23-20-7-4-12-24(20)22(17)27/h2-3,5-6,10-11,13-14H,4,7-9,12H2,1H3/t14-/m0/s1. The van der Waals surface area contributed by atoms with Gasteiger partial charge < -0.3 is 4.90 Å². The van der Waals surface area contributed by atoms with E-state index in [0.717, 1.165) is 43.7 Å². The van der Waals surface area contributed by atoms with Crippen molar-refractivity contribution in [2.75, 3.05) is 4.90 Å². The van der Waals surface area contributed by atoms with E-state index in [1.165, 1.54) is 5.56 Å². The maximum absolute atomic E-state index is 13.4. The van der Waals surface area contributed by atoms with Gasteiger partial charge in [0.2, 0.25) is 0 Å². The van der Waals surface area contributed by atoms with Gasteiger partial charge in [0, 0.05) is 30.3 Å². The zero-order chi connectivity index (χ0) is 18.5. The van der Waals surface area contributed by atoms with E-state index in [0.29, 0.717) is 16.5 Å². The van der Waals surface area contributed by atoms with Gasteiger partial charge in [-0.25, -0.2) is 4.98 Å². The average Bonchev–Trinajstić information content (AvgIpc) is 3.16. The second kappa shape index (κ2) is 6.05. The molecule has 0 saturated carbocycles. The highest BCUT2D eigenvalue weighted by atomic mass is 16.2. The Morgan fingerprint density at radius 2 is 2.00 bits per heavy atom. The predicted molar refractivity (Wildman–Crippen MR) is 105 cm³/mol. The van der Waals surface area contributed by atoms with E-state index in [2.05, 4.69) is 18.0 Å². The zero-order valence-corrected chi connectivity index (χ0v) is 15.3. The third kappa shape index (κ3) is 2.49. The van der Waals surface area contributed by atoms with Crippen molar-refractivity contribution < 1.29 is 4.79 Å². The average molecular weight is 359 g/mol. The van der Waals surface area contributed by atoms with Crippen molar-refractivity contribution >= 4 is 22.5 Å². The molecule has 0 saturated heterocycles. The minimum atomic E-state index is -0.0287. The number of hydrogen-bond donors (Lipinski definition) is 0. The van der Waals surface area contributed by atoms with Crippen molar-refractivity contribution in [1.29, 1.82) is 0 Å². The topological polar surface area (TPSA) is 55.2 Å². The number of nitrogens with zero attached hydrogens (tertiary/aromatic N) is 3. The second-order valence-electron chi connectivity index (χ2n) is 7.51. The van der Waals surface area contributed by atoms with Gasteiger partial charge in [0.25, 0.3) is 11.5 Å². The lowest BCUT2D eigenvalue weighted by molar-refractivity contribution is 0.0975. The molecule has 2 aliphatic heterocycles. The first-order chi connectivity index (χ1) is 13.1. The number of carbonyl (C=O) groups excluding carboxylic acids is 1. The van der Waals surface area contributed by atoms with Crippen LogP contribution in [-0.4, -0.2) is 21.5 Å². The normalized spacial score (nSPS) is 18.4. The smallest absolute Gasteiger partial charge is 0.261 e. The molecular weight excluding hydrogens is 338 g/mol. The minimum absolute atomic E-state index is 0.00295. The summed E-state index contributed by atoms with van der Waals surface area (Å²) < 4.78 is 1.76. The third-order valence-electron chi connectivity index (χ3n) is 5.81. The number of fused-ring (bicyclic) bond motifs is 3. The molecule has 5 heteroatoms. The molecule has 3 heterocycles. The summed E-state index contributed by atoms with van der Waals surface area (Å²) in [7, 11) is 0. The minimum Gasteiger partial charge on any atom is -0.305 e. The molecule has 5 rings (SSSR count). The van der Waals surface area contributed by atoms with Crippen LogP contribution in [0, 0.1) is 0 Å². The number of aryl methyl sites for hydroxylation is 2. The molecule has 0 fully saturated rings. The molecule has 0 unspecified atom stereocenters. The fraction of sp³-hybridized carbons (Fsp3) is 0.318. The number of benzene rings is 2. The molecule has 0 aliphatic carbocycles. The van der Waals surface area contributed by atoms with Crippen LogP contribution in [0.1, 0.15) is 41.5 Å². The van der Waals surface area contributed by atoms with E-state index in [1.54, 1.807) is 22.8 Å². The van der Waals surface area contributed by atoms with E-state index >= 15 is 0 Å². The van der Waals surface area contributed by atoms with E-state index in [1.807, 2.05) is 23.1 Å². The van der Waals surface area contributed by atoms with Gasteiger partial charge in [-0.05, 0) is 56.0 Å². The highest BCUT2D eigenvalue weighted by molar-refractivity contribution is 6.08. The van der Waals surface area contributed by atoms with Crippen molar-refractivity contribution in [2.45, 2.75) is 45.2 Å². The van der Waals surface area contributed by atoms with Gasteiger partial charge in [-0.3, -0.25) is 14.2 Å². The number of para-hydroxylation sites is 1. The van der Waals surface area contributed by atoms with Crippen LogP contribution in [-0.2, 0) is 19.4 Å². The largest absolute Gasteiger partial charge is 0.305 e. The van der Waals surface area contributed by atoms with Crippen LogP contribution >= 0.6 is 0 Å². The molecule has 0 radical (unpaired) electrons. The maximum atomic E-state index is 13.4. The van der Waals surface area contributed by atoms with Crippen molar-refractivity contribution in [3.05, 3.63) is 69.8 Å². The van der Waals surface area contributed by atoms with Crippen LogP contribution in [0.5, 0.6) is 0 Å². The Bertz CT molecular complexity index is 1130. The first-order valence-corrected chi connectivity index (χ1v) is 9.58. The summed E-state index contributed by atoms with van der Waals surface area (Å²) in [5.74, 6) is 0.799. The summed E-state index contributed by atoms with van der Waals surface area (Å²) in [6.07, 6.45) is 3.71. The number of anilines is 1. The predicted octanol–water partition coefficient (Wildman–Crippen LogP) is 3.32. The Balaban J connectivity index is 1.61. The quantitative estimate of drug-likeness (QED) is 0.670. The molecule has 27 heavy (non-hydrogen) atoms. The van der Waals surface area contributed by atoms with Crippen molar-refractivity contribution in [3.63, 3.8) is 0 Å². The molecule has 1 atom stereocenters. The van der Waals surface area contributed by atoms with Crippen LogP contribution < -0.4 is 10.5 Å². The summed E-state index contributed by atoms with van der Waals surface area (Å²) in [4.78, 5) is 32.5. The Morgan fingerprint density at radius 3 is 2.89 bits per heavy atom. The fourth-order valence-electron chi connectivity index (χ4n) is 4.35. The van der Waals surface area contributed by atoms with Crippen LogP contribution in [0.15, 0.2) is 47.3 Å². The van der Waals surface area contributed by atoms with Crippen LogP contribution in [0.2, 0.25) is 0 Å². The fourth-order valence-corrected chi connectivity index (χ4v) is 4.35. The Kier molecular flexibility index (Phi) is 3.64. The summed E-state index contributed by atoms with van der Waals surface area (Å²) in [6.45, 7) is 2.83. The lowest BCUT2D eigenvalue weighted by Gasteiger charge is -2.35. The van der Waals surface area contributed by atoms with Gasteiger partial charge in [-0.15, -0.1) is 0 Å². The van der Waals surface area contributed by atoms with Crippen molar-refractivity contribution in [2.24, 2.45) is 0 Å². The summed E-state index contributed by atoms with van der Waals surface area (Å²) in [5, 5.41) is 0.587. The highest BCUT2D eigenvalue weighted by Gasteiger charge is 2.29. The molecule has 0 spiro atoms. The van der Waals surface area contributed by atoms with Crippen LogP contribution in [0.25, 0.3) is 10.9 Å². The summed E-state index contributed by atoms with van der Waals surface area (Å²) in [6, 6.07) is 13.5. The lowest BCUT2D eigenvalue weighted by Crippen LogP contribution is -2.42. The van der Waals surface area contributed by atoms with Crippen molar-refractivity contribution in [3.8, 4) is 0 Å². The molecule has 0 N–H and O–H groups in total. The Labute approximate surface area is 157 Å². The molecule has 1 aromatic heterocycles. The number of amides is 1. The maximum Gasteiger partial charge on any atom is 0.261 e. The van der Waals surface area contributed by atoms with E-state index in [4.69, 9.17) is 0 Å². The molecule has 2 aliphatic rings. The molecule has 136 valence electrons. The summed E-state index contributed by atoms with van der Waals surface area (Å²) >= 11 is 0. The van der Waals surface area contributed by atoms with E-state index < -0.39 is 0 Å². The van der Waals surface area contributed by atoms with Gasteiger partial charge in [0.05, 0.1) is 10.9 Å². The monoisotopic (exact) mass is 359 g/mol. The number of aromatic nitrogens is 2. The van der Waals surface area contributed by atoms with Crippen LogP contribution in [0.3, 0.4) is 0 Å². The highest BCUT2D eigenvalue weighted by Crippen LogP contribution is 2.32. The molecule has 1 amide bonds. The van der Waals surface area contributed by atoms with Gasteiger partial charge in [0.1, 0.15) is 5.82 Å². The molecule has 2 aromatic carbocycles. The first kappa shape index (κ1) is 16.2. The molecule has 5 nitrogen and oxygen atoms in total. The number of rotatable bonds is 1. The van der Waals surface area contributed by atoms with Crippen LogP contribution in [0.4, 0.5) is 5.69 Å². The second-order valence-corrected chi connectivity index (χ2v) is 7.51. The Hall–Kier alpha value is -2.95. The molecular formula is C22H21N3O2. The Morgan fingerprint density at radius 1 is 1.15 bits per heavy atom. The van der Waals surface area contributed by atoms with Gasteiger partial charge in [-0.2, -0.15) is 0 Å². The van der Waals surface area contributed by atoms with E-state index in [9.17, 15) is 9.59 Å². The number of carbonyl (C=O) groups is 1. The first-order valence-electron chi connectivity index (χ1n) is 9.58. The van der Waals surface area contributed by atoms with Gasteiger partial charge in [-0.1, -0.05) is 18.2 Å². The molecule has 0 bridgehead atoms. The summed E-state index contributed by atoms with van der Waals surface area (Å²) in [5.41, 5.74) is 3.41. The lowest BCUT2D eigenvalue weighted by atomic mass is 9.95. The number of hydrogen-bond acceptors (Lipinski definition) is 3. The van der Waals surface area contributed by atoms with Gasteiger partial charge >= 0.3 is 0 Å². The SMILES string of the molecule is C[C@H]1CCc2ccccc2N1C(=O)c1ccc2c(=O)n3c(nc2c1)CCC3. The third-order valence-corrected chi connectivity index (χ3v) is 5.81. The van der Waals surface area contributed by atoms with Gasteiger partial charge in [0.15, 0.2) is 0 Å². The van der Waals surface area contributed by atoms with E-state index in [-0.39, 0.29) is 17.5 Å². The zero-order valence-electron chi connectivity index (χ0n) is 15.3. The molecule has 3 aromatic rings. The van der Waals surface area contributed by atoms with Crippen molar-refractivity contribution in [1.82, 2.24) is 9.55 Å².